The predicted octanol–water partition coefficient (Wildman–Crippen LogP) is 4.91. The number of rotatable bonds is 5. The second-order valence-electron chi connectivity index (χ2n) is 8.35. The Labute approximate surface area is 189 Å². The molecule has 2 heterocycles. The molecule has 1 aromatic heterocycles. The molecular weight excluding hydrogens is 398 g/mol. The van der Waals surface area contributed by atoms with Gasteiger partial charge in [0.1, 0.15) is 0 Å². The van der Waals surface area contributed by atoms with Crippen LogP contribution in [0.25, 0.3) is 11.3 Å². The van der Waals surface area contributed by atoms with E-state index in [1.165, 1.54) is 5.56 Å². The van der Waals surface area contributed by atoms with Gasteiger partial charge in [-0.25, -0.2) is 0 Å². The smallest absolute Gasteiger partial charge is 0.259 e. The van der Waals surface area contributed by atoms with Crippen LogP contribution in [0.4, 0.5) is 5.69 Å². The number of amides is 1. The molecule has 2 aromatic carbocycles. The van der Waals surface area contributed by atoms with E-state index in [-0.39, 0.29) is 11.7 Å². The number of aryl methyl sites for hydroxylation is 2. The summed E-state index contributed by atoms with van der Waals surface area (Å²) in [6.45, 7) is 2.70. The molecule has 1 aliphatic heterocycles. The van der Waals surface area contributed by atoms with Gasteiger partial charge in [-0.2, -0.15) is 0 Å². The van der Waals surface area contributed by atoms with E-state index >= 15 is 0 Å². The number of hydrogen-bond acceptors (Lipinski definition) is 4. The van der Waals surface area contributed by atoms with Crippen molar-refractivity contribution in [2.75, 3.05) is 25.5 Å². The van der Waals surface area contributed by atoms with Gasteiger partial charge < -0.3 is 9.80 Å². The number of carbonyl (C=O) groups excluding carboxylic acids is 2. The molecule has 0 fully saturated rings. The Morgan fingerprint density at radius 1 is 1.00 bits per heavy atom. The van der Waals surface area contributed by atoms with E-state index in [1.54, 1.807) is 29.4 Å². The number of anilines is 1. The minimum atomic E-state index is -0.0690. The Kier molecular flexibility index (Phi) is 6.17. The minimum absolute atomic E-state index is 0.0409. The highest BCUT2D eigenvalue weighted by molar-refractivity contribution is 6.08. The van der Waals surface area contributed by atoms with E-state index in [1.807, 2.05) is 55.4 Å². The number of ketones is 1. The monoisotopic (exact) mass is 425 g/mol. The average molecular weight is 426 g/mol. The van der Waals surface area contributed by atoms with Crippen molar-refractivity contribution in [3.05, 3.63) is 95.3 Å². The van der Waals surface area contributed by atoms with Gasteiger partial charge in [0.15, 0.2) is 5.78 Å². The van der Waals surface area contributed by atoms with Gasteiger partial charge in [-0.05, 0) is 55.7 Å². The van der Waals surface area contributed by atoms with Crippen molar-refractivity contribution in [1.82, 2.24) is 9.88 Å². The lowest BCUT2D eigenvalue weighted by Crippen LogP contribution is -2.35. The van der Waals surface area contributed by atoms with E-state index in [0.29, 0.717) is 17.7 Å². The van der Waals surface area contributed by atoms with Gasteiger partial charge >= 0.3 is 0 Å². The van der Waals surface area contributed by atoms with E-state index in [4.69, 9.17) is 0 Å². The van der Waals surface area contributed by atoms with Crippen LogP contribution >= 0.6 is 0 Å². The maximum Gasteiger partial charge on any atom is 0.259 e. The Balaban J connectivity index is 1.55. The first-order valence-electron chi connectivity index (χ1n) is 10.8. The van der Waals surface area contributed by atoms with Crippen LogP contribution in [0.15, 0.2) is 73.1 Å². The molecule has 0 saturated heterocycles. The second-order valence-corrected chi connectivity index (χ2v) is 8.35. The molecular formula is C27H27N3O2. The molecule has 5 heteroatoms. The van der Waals surface area contributed by atoms with Gasteiger partial charge in [0.2, 0.25) is 0 Å². The molecule has 1 amide bonds. The molecule has 0 N–H and O–H groups in total. The highest BCUT2D eigenvalue weighted by atomic mass is 16.2. The number of benzene rings is 2. The molecule has 3 aromatic rings. The zero-order chi connectivity index (χ0) is 22.7. The highest BCUT2D eigenvalue weighted by Crippen LogP contribution is 2.30. The lowest BCUT2D eigenvalue weighted by molar-refractivity contribution is 0.0984. The summed E-state index contributed by atoms with van der Waals surface area (Å²) in [6, 6.07) is 17.5. The van der Waals surface area contributed by atoms with Crippen molar-refractivity contribution < 1.29 is 9.59 Å². The average Bonchev–Trinajstić information content (AvgIpc) is 2.82. The second kappa shape index (κ2) is 9.18. The first-order chi connectivity index (χ1) is 15.4. The summed E-state index contributed by atoms with van der Waals surface area (Å²) in [5.41, 5.74) is 6.16. The van der Waals surface area contributed by atoms with Crippen LogP contribution in [0.3, 0.4) is 0 Å². The summed E-state index contributed by atoms with van der Waals surface area (Å²) in [7, 11) is 3.75. The zero-order valence-corrected chi connectivity index (χ0v) is 18.7. The van der Waals surface area contributed by atoms with Crippen LogP contribution in [0.5, 0.6) is 0 Å². The van der Waals surface area contributed by atoms with Gasteiger partial charge in [-0.15, -0.1) is 0 Å². The summed E-state index contributed by atoms with van der Waals surface area (Å²) in [5, 5.41) is 0. The normalized spacial score (nSPS) is 13.2. The third-order valence-electron chi connectivity index (χ3n) is 5.61. The first-order valence-corrected chi connectivity index (χ1v) is 10.8. The SMILES string of the molecule is Cc1ccc(-c2ccc(C(=O)N3CCCc4cc(C(=O)/C=C/N(C)C)ccc43)cn2)cc1. The molecule has 32 heavy (non-hydrogen) atoms. The fraction of sp³-hybridized carbons (Fsp3) is 0.222. The molecule has 0 radical (unpaired) electrons. The number of carbonyl (C=O) groups is 2. The number of allylic oxidation sites excluding steroid dienone is 1. The Morgan fingerprint density at radius 3 is 2.44 bits per heavy atom. The van der Waals surface area contributed by atoms with Gasteiger partial charge in [0, 0.05) is 55.9 Å². The molecule has 0 bridgehead atoms. The standard InChI is InChI=1S/C27H27N3O2/c1-19-6-8-20(9-7-19)24-12-10-23(18-28-24)27(32)30-15-4-5-21-17-22(11-13-25(21)30)26(31)14-16-29(2)3/h6-14,16-18H,4-5,15H2,1-3H3/b16-14+. The first kappa shape index (κ1) is 21.5. The molecule has 4 rings (SSSR count). The van der Waals surface area contributed by atoms with Gasteiger partial charge in [-0.3, -0.25) is 14.6 Å². The number of nitrogens with zero attached hydrogens (tertiary/aromatic N) is 3. The van der Waals surface area contributed by atoms with Crippen LogP contribution in [0.2, 0.25) is 0 Å². The highest BCUT2D eigenvalue weighted by Gasteiger charge is 2.24. The topological polar surface area (TPSA) is 53.5 Å². The fourth-order valence-corrected chi connectivity index (χ4v) is 3.85. The lowest BCUT2D eigenvalue weighted by Gasteiger charge is -2.30. The van der Waals surface area contributed by atoms with Crippen molar-refractivity contribution in [2.45, 2.75) is 19.8 Å². The third-order valence-corrected chi connectivity index (χ3v) is 5.61. The number of hydrogen-bond donors (Lipinski definition) is 0. The maximum absolute atomic E-state index is 13.3. The minimum Gasteiger partial charge on any atom is -0.383 e. The molecule has 0 saturated carbocycles. The van der Waals surface area contributed by atoms with E-state index in [2.05, 4.69) is 24.0 Å². The summed E-state index contributed by atoms with van der Waals surface area (Å²) < 4.78 is 0. The van der Waals surface area contributed by atoms with Crippen molar-refractivity contribution in [1.29, 1.82) is 0 Å². The molecule has 5 nitrogen and oxygen atoms in total. The third kappa shape index (κ3) is 4.62. The molecule has 162 valence electrons. The summed E-state index contributed by atoms with van der Waals surface area (Å²) in [6.07, 6.45) is 6.66. The molecule has 0 unspecified atom stereocenters. The Morgan fingerprint density at radius 2 is 1.75 bits per heavy atom. The van der Waals surface area contributed by atoms with Crippen LogP contribution in [0, 0.1) is 6.92 Å². The van der Waals surface area contributed by atoms with Crippen LogP contribution in [-0.4, -0.2) is 42.2 Å². The molecule has 0 atom stereocenters. The lowest BCUT2D eigenvalue weighted by atomic mass is 9.97. The van der Waals surface area contributed by atoms with E-state index in [0.717, 1.165) is 35.3 Å². The van der Waals surface area contributed by atoms with Crippen molar-refractivity contribution in [3.8, 4) is 11.3 Å². The number of pyridine rings is 1. The molecule has 0 spiro atoms. The fourth-order valence-electron chi connectivity index (χ4n) is 3.85. The predicted molar refractivity (Wildman–Crippen MR) is 128 cm³/mol. The molecule has 0 aliphatic carbocycles. The van der Waals surface area contributed by atoms with E-state index < -0.39 is 0 Å². The van der Waals surface area contributed by atoms with Crippen molar-refractivity contribution >= 4 is 17.4 Å². The van der Waals surface area contributed by atoms with Gasteiger partial charge in [0.25, 0.3) is 5.91 Å². The maximum atomic E-state index is 13.3. The number of fused-ring (bicyclic) bond motifs is 1. The quantitative estimate of drug-likeness (QED) is 0.431. The van der Waals surface area contributed by atoms with Crippen LogP contribution in [0.1, 0.15) is 38.3 Å². The zero-order valence-electron chi connectivity index (χ0n) is 18.7. The number of aromatic nitrogens is 1. The summed E-state index contributed by atoms with van der Waals surface area (Å²) in [4.78, 5) is 33.8. The summed E-state index contributed by atoms with van der Waals surface area (Å²) in [5.74, 6) is -0.110. The van der Waals surface area contributed by atoms with Crippen molar-refractivity contribution in [3.63, 3.8) is 0 Å². The van der Waals surface area contributed by atoms with E-state index in [9.17, 15) is 9.59 Å². The van der Waals surface area contributed by atoms with Crippen LogP contribution in [-0.2, 0) is 6.42 Å². The van der Waals surface area contributed by atoms with Gasteiger partial charge in [0.05, 0.1) is 11.3 Å². The Bertz CT molecular complexity index is 1160. The molecule has 1 aliphatic rings. The van der Waals surface area contributed by atoms with Gasteiger partial charge in [-0.1, -0.05) is 29.8 Å². The van der Waals surface area contributed by atoms with Crippen LogP contribution < -0.4 is 4.90 Å². The Hall–Kier alpha value is -3.73. The summed E-state index contributed by atoms with van der Waals surface area (Å²) >= 11 is 0. The largest absolute Gasteiger partial charge is 0.383 e. The van der Waals surface area contributed by atoms with Crippen molar-refractivity contribution in [2.24, 2.45) is 0 Å².